The van der Waals surface area contributed by atoms with Crippen molar-refractivity contribution in [1.29, 1.82) is 0 Å². The topological polar surface area (TPSA) is 342 Å². The van der Waals surface area contributed by atoms with E-state index >= 15 is 0 Å². The van der Waals surface area contributed by atoms with Gasteiger partial charge in [0.2, 0.25) is 6.04 Å². The number of hydrogen-bond acceptors (Lipinski definition) is 19. The van der Waals surface area contributed by atoms with E-state index in [0.717, 1.165) is 47.7 Å². The summed E-state index contributed by atoms with van der Waals surface area (Å²) in [4.78, 5) is 96.8. The van der Waals surface area contributed by atoms with Crippen LogP contribution in [-0.2, 0) is 67.2 Å². The van der Waals surface area contributed by atoms with Crippen molar-refractivity contribution >= 4 is 166 Å². The van der Waals surface area contributed by atoms with E-state index in [1.165, 1.54) is 114 Å². The SMILES string of the molecule is C=C.C=CC.C=N/C=C\C=C(/CCC)Nc1ncc(C)n(CC(=O)O)c1=O.CCC.CCc1ncccc1Nc1ncc(C)n(CC)c1=O.CCn1c(C)cnc(Br)c1=O.CN=C/C=C\C(CCl)[N+](=O)[O-].Nc1cccnc1.O=[N+]([O-])c1cccnc1.[CH3-].[Cl][Pd][Cl].[Pd].c1ccc(P(c2ccccc2)c2ccccc2)cc1.c1ccc(P(c2ccccc2)c2ccccc2)cc1.c1ccc(P(c2ccccc2)c2ccccc2)cc1. The van der Waals surface area contributed by atoms with Gasteiger partial charge in [-0.1, -0.05) is 320 Å². The monoisotopic (exact) mass is 2370 g/mol. The number of nitrogen functional groups attached to an aromatic ring is 1. The molecule has 0 saturated heterocycles. The molecule has 790 valence electrons. The standard InChI is InChI=1S/3C18H15P.C15H20N4O3.C14H18N4O.C7H9BrN2O.C6H9ClN2O2.C5H4N2O2.C5H6N2.C3H8.C3H6.C2H4.CH3.2ClH.2Pd/c3*1-4-10-16(11-5-1)19(17-12-6-2-7-13-17)18-14-8-3-9-15-18;1-4-6-12(7-5-8-16-3)18-14-15(22)19(10-13(20)21)11(2)9-17-14;1-4-11-12(7-6-8-15-11)17-13-14(19)18(5-2)10(3)9-16-13;1-3-10-5(2)4-9-6(8)7(10)11;1-8-4-2-3-6(5-7)9(10)11;8-7(9)5-2-1-3-6-4-5;6-5-2-1-3-7-4-5;2*1-3-2;1-2;;;;;/h3*1-15H;5,7-9H,3-4,6,10H2,1-2H3,(H,17,18)(H,20,21);6-9H,4-5H2,1-3H3,(H,16,17);4H,3H2,1-2H3;2-4,6H,5H2,1H3;1-4H;1-4H,6H2;3H2,1-2H3;3H,1H2,2H3;1-2H2;1H3;2*1H;;/q;;;;;;;;;;;;-1;;;;+2/p-2/b;;;8-5-,12-7+;;;3-2-,8-4?;;;;;;;;;;. The number of allylic oxidation sites excluding steroid dienone is 5. The number of rotatable bonds is 27. The molecule has 5 N–H and O–H groups in total. The summed E-state index contributed by atoms with van der Waals surface area (Å²) in [5.41, 5.74) is 10.2. The number of alkyl halides is 1. The van der Waals surface area contributed by atoms with Crippen molar-refractivity contribution in [1.82, 2.24) is 43.6 Å². The van der Waals surface area contributed by atoms with E-state index in [9.17, 15) is 39.4 Å². The molecule has 25 nitrogen and oxygen atoms in total. The average Bonchev–Trinajstić information content (AvgIpc) is 0.851. The predicted octanol–water partition coefficient (Wildman–Crippen LogP) is 23.9. The fraction of sp³-hybridized carbons (Fsp3) is 0.174. The van der Waals surface area contributed by atoms with E-state index in [0.29, 0.717) is 34.9 Å². The number of nitrogens with one attached hydrogen (secondary N) is 2. The van der Waals surface area contributed by atoms with Crippen LogP contribution < -0.4 is 80.8 Å². The Morgan fingerprint density at radius 2 is 0.872 bits per heavy atom. The molecule has 1 atom stereocenters. The largest absolute Gasteiger partial charge is 0.0622 e. The number of aryl methyl sites for hydroxylation is 4. The Morgan fingerprint density at radius 3 is 1.15 bits per heavy atom. The second kappa shape index (κ2) is 82.7. The van der Waals surface area contributed by atoms with Crippen molar-refractivity contribution in [2.24, 2.45) is 9.98 Å². The van der Waals surface area contributed by atoms with E-state index in [2.05, 4.69) is 380 Å². The summed E-state index contributed by atoms with van der Waals surface area (Å²) in [6.07, 6.45) is 27.4. The van der Waals surface area contributed by atoms with Gasteiger partial charge in [-0.2, -0.15) is 0 Å². The number of nitrogens with two attached hydrogens (primary N) is 1. The number of aliphatic imine (C=N–C) groups is 2. The molecular formula is C115H132BrCl3N16O9P3Pd2-. The van der Waals surface area contributed by atoms with E-state index < -0.39 is 57.7 Å². The van der Waals surface area contributed by atoms with Gasteiger partial charge in [0.1, 0.15) is 12.7 Å². The number of benzene rings is 9. The molecule has 0 saturated carbocycles. The maximum Gasteiger partial charge on any atom is 0 e. The predicted molar refractivity (Wildman–Crippen MR) is 630 cm³/mol. The number of pyridine rings is 3. The fourth-order valence-corrected chi connectivity index (χ4v) is 20.0. The van der Waals surface area contributed by atoms with Crippen molar-refractivity contribution in [3.05, 3.63) is 507 Å². The third kappa shape index (κ3) is 52.0. The van der Waals surface area contributed by atoms with Gasteiger partial charge in [-0.25, -0.2) is 15.0 Å². The van der Waals surface area contributed by atoms with Crippen molar-refractivity contribution in [2.75, 3.05) is 29.3 Å². The van der Waals surface area contributed by atoms with Gasteiger partial charge in [0, 0.05) is 130 Å². The minimum atomic E-state index is -1.08. The Bertz CT molecular complexity index is 5970. The molecule has 15 rings (SSSR count). The first-order valence-electron chi connectivity index (χ1n) is 46.4. The Labute approximate surface area is 924 Å². The van der Waals surface area contributed by atoms with Crippen LogP contribution in [0.15, 0.2) is 450 Å². The van der Waals surface area contributed by atoms with Crippen LogP contribution in [0, 0.1) is 48.4 Å². The summed E-state index contributed by atoms with van der Waals surface area (Å²) in [5, 5.41) is 47.6. The number of nitrogens with zero attached hydrogens (tertiary/aromatic N) is 13. The van der Waals surface area contributed by atoms with E-state index in [4.69, 9.17) is 41.5 Å². The van der Waals surface area contributed by atoms with E-state index in [1.54, 1.807) is 84.5 Å². The zero-order valence-corrected chi connectivity index (χ0v) is 95.4. The van der Waals surface area contributed by atoms with Crippen LogP contribution in [0.3, 0.4) is 0 Å². The summed E-state index contributed by atoms with van der Waals surface area (Å²) < 4.78 is 4.90. The molecule has 6 heterocycles. The number of carboxylic acid groups (broad SMARTS) is 1. The van der Waals surface area contributed by atoms with Crippen LogP contribution in [0.2, 0.25) is 0 Å². The van der Waals surface area contributed by atoms with Gasteiger partial charge >= 0.3 is 41.0 Å². The Kier molecular flexibility index (Phi) is 74.2. The quantitative estimate of drug-likeness (QED) is 0.00427. The summed E-state index contributed by atoms with van der Waals surface area (Å²) >= 11 is 8.28. The number of anilines is 4. The summed E-state index contributed by atoms with van der Waals surface area (Å²) in [5.74, 6) is -0.644. The molecule has 0 aliphatic rings. The second-order valence-electron chi connectivity index (χ2n) is 29.9. The molecule has 0 aliphatic heterocycles. The van der Waals surface area contributed by atoms with Crippen LogP contribution >= 0.6 is 70.4 Å². The molecule has 15 aromatic rings. The first kappa shape index (κ1) is 134. The van der Waals surface area contributed by atoms with Gasteiger partial charge in [0.25, 0.3) is 22.4 Å². The number of aliphatic carboxylic acids is 1. The Morgan fingerprint density at radius 1 is 0.530 bits per heavy atom. The Hall–Kier alpha value is -13.3. The smallest absolute Gasteiger partial charge is 0 e. The number of nitro groups is 2. The van der Waals surface area contributed by atoms with Crippen LogP contribution in [-0.4, -0.2) is 96.4 Å². The summed E-state index contributed by atoms with van der Waals surface area (Å²) in [6.45, 7) is 33.1. The molecule has 0 aliphatic carbocycles. The van der Waals surface area contributed by atoms with Gasteiger partial charge in [-0.05, 0) is 203 Å². The Balaban J connectivity index is 0.000000838. The average molecular weight is 2370 g/mol. The second-order valence-corrected chi connectivity index (χ2v) is 40.0. The number of hydrogen-bond donors (Lipinski definition) is 4. The first-order chi connectivity index (χ1) is 71.3. The third-order valence-corrected chi connectivity index (χ3v) is 27.3. The van der Waals surface area contributed by atoms with Gasteiger partial charge in [0.15, 0.2) is 16.2 Å². The maximum absolute atomic E-state index is 12.3. The van der Waals surface area contributed by atoms with Crippen molar-refractivity contribution in [2.45, 2.75) is 121 Å². The summed E-state index contributed by atoms with van der Waals surface area (Å²) in [7, 11) is 9.88. The van der Waals surface area contributed by atoms with Crippen molar-refractivity contribution < 1.29 is 56.1 Å². The van der Waals surface area contributed by atoms with Crippen LogP contribution in [0.4, 0.5) is 28.7 Å². The molecule has 149 heavy (non-hydrogen) atoms. The normalized spacial score (nSPS) is 10.2. The van der Waals surface area contributed by atoms with E-state index in [1.807, 2.05) is 60.6 Å². The molecule has 1 unspecified atom stereocenters. The fourth-order valence-electron chi connectivity index (χ4n) is 12.6. The van der Waals surface area contributed by atoms with Crippen molar-refractivity contribution in [3.8, 4) is 0 Å². The number of carbonyl (C=O) groups is 1. The van der Waals surface area contributed by atoms with Gasteiger partial charge in [-0.15, -0.1) is 31.3 Å². The van der Waals surface area contributed by atoms with Gasteiger partial charge < -0.3 is 38.0 Å². The summed E-state index contributed by atoms with van der Waals surface area (Å²) in [6, 6.07) is 106. The molecule has 0 bridgehead atoms. The molecule has 6 aromatic heterocycles. The number of halogens is 4. The van der Waals surface area contributed by atoms with Crippen molar-refractivity contribution in [3.63, 3.8) is 0 Å². The van der Waals surface area contributed by atoms with Crippen LogP contribution in [0.5, 0.6) is 0 Å². The number of carboxylic acids is 1. The van der Waals surface area contributed by atoms with Gasteiger partial charge in [0.05, 0.1) is 27.9 Å². The molecule has 0 spiro atoms. The zero-order chi connectivity index (χ0) is 108. The van der Waals surface area contributed by atoms with Crippen LogP contribution in [0.1, 0.15) is 90.5 Å². The first-order valence-corrected chi connectivity index (χ1v) is 55.8. The van der Waals surface area contributed by atoms with E-state index in [-0.39, 0.29) is 72.3 Å². The minimum absolute atomic E-state index is 0. The number of aromatic nitrogens is 9. The molecular weight excluding hydrogens is 2240 g/mol. The van der Waals surface area contributed by atoms with Gasteiger partial charge in [-0.3, -0.25) is 68.9 Å². The molecule has 34 heteroatoms. The third-order valence-electron chi connectivity index (χ3n) is 19.1. The molecule has 0 fully saturated rings. The zero-order valence-electron chi connectivity index (χ0n) is 85.8. The maximum atomic E-state index is 12.3. The van der Waals surface area contributed by atoms with Crippen LogP contribution in [0.25, 0.3) is 0 Å². The molecule has 0 amide bonds. The minimum Gasteiger partial charge on any atom is -0.0622 e. The molecule has 0 radical (unpaired) electrons. The molecule has 9 aromatic carbocycles.